The third-order valence-electron chi connectivity index (χ3n) is 8.34. The minimum Gasteiger partial charge on any atom is -0.334 e. The summed E-state index contributed by atoms with van der Waals surface area (Å²) in [4.78, 5) is 55.0. The van der Waals surface area contributed by atoms with Crippen LogP contribution in [0, 0.1) is 0 Å². The summed E-state index contributed by atoms with van der Waals surface area (Å²) >= 11 is 0. The number of benzene rings is 2. The van der Waals surface area contributed by atoms with Crippen molar-refractivity contribution in [2.24, 2.45) is 0 Å². The predicted octanol–water partition coefficient (Wildman–Crippen LogP) is 3.97. The number of fused-ring (bicyclic) bond motifs is 1. The number of aromatic nitrogens is 1. The zero-order valence-electron chi connectivity index (χ0n) is 25.0. The molecule has 4 N–H and O–H groups in total. The van der Waals surface area contributed by atoms with Gasteiger partial charge in [-0.05, 0) is 72.9 Å². The van der Waals surface area contributed by atoms with Gasteiger partial charge in [0.1, 0.15) is 6.04 Å². The predicted molar refractivity (Wildman–Crippen MR) is 163 cm³/mol. The molecule has 2 aromatic carbocycles. The monoisotopic (exact) mass is 582 g/mol. The number of imide groups is 1. The number of amides is 5. The van der Waals surface area contributed by atoms with Crippen LogP contribution < -0.4 is 21.3 Å². The SMILES string of the molecule is CC(C)(CNC(C)(C)c1ccncc1)c1ccc(NC(=O)NCc2ccc3c(c2)CN(C2CCC(=O)NC2=O)C3=O)cc1. The molecule has 0 bridgehead atoms. The van der Waals surface area contributed by atoms with E-state index in [2.05, 4.69) is 53.9 Å². The molecule has 10 nitrogen and oxygen atoms in total. The van der Waals surface area contributed by atoms with Crippen LogP contribution in [-0.4, -0.2) is 46.2 Å². The van der Waals surface area contributed by atoms with Crippen LogP contribution in [0.3, 0.4) is 0 Å². The zero-order valence-corrected chi connectivity index (χ0v) is 25.0. The van der Waals surface area contributed by atoms with E-state index in [0.717, 1.165) is 23.2 Å². The van der Waals surface area contributed by atoms with Gasteiger partial charge in [-0.2, -0.15) is 0 Å². The number of anilines is 1. The van der Waals surface area contributed by atoms with Gasteiger partial charge in [0.25, 0.3) is 5.91 Å². The number of carbonyl (C=O) groups excluding carboxylic acids is 4. The first-order valence-electron chi connectivity index (χ1n) is 14.5. The molecular formula is C33H38N6O4. The lowest BCUT2D eigenvalue weighted by Crippen LogP contribution is -2.52. The van der Waals surface area contributed by atoms with Gasteiger partial charge in [0.05, 0.1) is 0 Å². The first-order valence-corrected chi connectivity index (χ1v) is 14.5. The summed E-state index contributed by atoms with van der Waals surface area (Å²) in [6.07, 6.45) is 4.14. The summed E-state index contributed by atoms with van der Waals surface area (Å²) in [7, 11) is 0. The van der Waals surface area contributed by atoms with Crippen molar-refractivity contribution < 1.29 is 19.2 Å². The quantitative estimate of drug-likeness (QED) is 0.282. The highest BCUT2D eigenvalue weighted by Gasteiger charge is 2.39. The van der Waals surface area contributed by atoms with Crippen molar-refractivity contribution in [2.75, 3.05) is 11.9 Å². The minimum atomic E-state index is -0.655. The summed E-state index contributed by atoms with van der Waals surface area (Å²) in [5.41, 5.74) is 4.83. The van der Waals surface area contributed by atoms with Gasteiger partial charge in [-0.15, -0.1) is 0 Å². The highest BCUT2D eigenvalue weighted by atomic mass is 16.2. The van der Waals surface area contributed by atoms with E-state index in [-0.39, 0.29) is 41.8 Å². The number of hydrogen-bond donors (Lipinski definition) is 4. The molecule has 1 saturated heterocycles. The molecule has 224 valence electrons. The van der Waals surface area contributed by atoms with Crippen molar-refractivity contribution in [1.29, 1.82) is 0 Å². The molecular weight excluding hydrogens is 544 g/mol. The first-order chi connectivity index (χ1) is 20.4. The summed E-state index contributed by atoms with van der Waals surface area (Å²) < 4.78 is 0. The van der Waals surface area contributed by atoms with Crippen molar-refractivity contribution in [3.05, 3.63) is 94.8 Å². The second kappa shape index (κ2) is 12.0. The number of nitrogens with zero attached hydrogens (tertiary/aromatic N) is 2. The lowest BCUT2D eigenvalue weighted by molar-refractivity contribution is -0.136. The Morgan fingerprint density at radius 3 is 2.40 bits per heavy atom. The number of hydrogen-bond acceptors (Lipinski definition) is 6. The average Bonchev–Trinajstić information content (AvgIpc) is 3.31. The zero-order chi connectivity index (χ0) is 30.8. The molecule has 0 saturated carbocycles. The number of piperidine rings is 1. The van der Waals surface area contributed by atoms with Crippen LogP contribution >= 0.6 is 0 Å². The summed E-state index contributed by atoms with van der Waals surface area (Å²) in [5.74, 6) is -0.970. The summed E-state index contributed by atoms with van der Waals surface area (Å²) in [5, 5.41) is 11.7. The van der Waals surface area contributed by atoms with E-state index in [9.17, 15) is 19.2 Å². The average molecular weight is 583 g/mol. The smallest absolute Gasteiger partial charge is 0.319 e. The second-order valence-electron chi connectivity index (χ2n) is 12.4. The molecule has 1 fully saturated rings. The van der Waals surface area contributed by atoms with Crippen LogP contribution in [0.5, 0.6) is 0 Å². The molecule has 3 aromatic rings. The molecule has 0 radical (unpaired) electrons. The van der Waals surface area contributed by atoms with Crippen molar-refractivity contribution in [3.8, 4) is 0 Å². The molecule has 0 aliphatic carbocycles. The third-order valence-corrected chi connectivity index (χ3v) is 8.34. The maximum absolute atomic E-state index is 12.9. The fraction of sp³-hybridized carbons (Fsp3) is 0.364. The van der Waals surface area contributed by atoms with Crippen molar-refractivity contribution in [3.63, 3.8) is 0 Å². The van der Waals surface area contributed by atoms with Crippen LogP contribution in [0.15, 0.2) is 67.0 Å². The van der Waals surface area contributed by atoms with Gasteiger partial charge < -0.3 is 20.9 Å². The lowest BCUT2D eigenvalue weighted by atomic mass is 9.83. The standard InChI is InChI=1S/C33H38N6O4/c1-32(2,20-36-33(3,4)24-13-15-34-16-14-24)23-6-8-25(9-7-23)37-31(43)35-18-21-5-10-26-22(17-21)19-39(30(26)42)27-11-12-28(40)38-29(27)41/h5-10,13-17,27,36H,11-12,18-20H2,1-4H3,(H2,35,37,43)(H,38,40,41). The van der Waals surface area contributed by atoms with Crippen molar-refractivity contribution >= 4 is 29.4 Å². The topological polar surface area (TPSA) is 133 Å². The number of urea groups is 1. The molecule has 10 heteroatoms. The van der Waals surface area contributed by atoms with Gasteiger partial charge in [-0.25, -0.2) is 4.79 Å². The van der Waals surface area contributed by atoms with Crippen molar-refractivity contribution in [1.82, 2.24) is 25.8 Å². The van der Waals surface area contributed by atoms with Crippen LogP contribution in [0.2, 0.25) is 0 Å². The van der Waals surface area contributed by atoms with Crippen molar-refractivity contribution in [2.45, 2.75) is 70.6 Å². The Bertz CT molecular complexity index is 1530. The highest BCUT2D eigenvalue weighted by Crippen LogP contribution is 2.29. The second-order valence-corrected chi connectivity index (χ2v) is 12.4. The molecule has 2 aliphatic heterocycles. The van der Waals surface area contributed by atoms with E-state index in [4.69, 9.17) is 0 Å². The fourth-order valence-electron chi connectivity index (χ4n) is 5.51. The summed E-state index contributed by atoms with van der Waals surface area (Å²) in [6, 6.07) is 16.3. The van der Waals surface area contributed by atoms with E-state index in [1.54, 1.807) is 24.5 Å². The molecule has 5 amide bonds. The van der Waals surface area contributed by atoms with Crippen LogP contribution in [0.25, 0.3) is 0 Å². The van der Waals surface area contributed by atoms with E-state index in [1.807, 2.05) is 42.5 Å². The lowest BCUT2D eigenvalue weighted by Gasteiger charge is -2.33. The first kappa shape index (κ1) is 29.9. The van der Waals surface area contributed by atoms with Gasteiger partial charge in [0, 0.05) is 60.7 Å². The number of nitrogens with one attached hydrogen (secondary N) is 4. The maximum atomic E-state index is 12.9. The Morgan fingerprint density at radius 1 is 0.977 bits per heavy atom. The van der Waals surface area contributed by atoms with E-state index >= 15 is 0 Å². The Kier molecular flexibility index (Phi) is 8.32. The molecule has 1 aromatic heterocycles. The molecule has 2 aliphatic rings. The van der Waals surface area contributed by atoms with Gasteiger partial charge in [0.2, 0.25) is 11.8 Å². The van der Waals surface area contributed by atoms with Gasteiger partial charge >= 0.3 is 6.03 Å². The third kappa shape index (κ3) is 6.75. The fourth-order valence-corrected chi connectivity index (χ4v) is 5.51. The minimum absolute atomic E-state index is 0.145. The van der Waals surface area contributed by atoms with Crippen LogP contribution in [-0.2, 0) is 33.6 Å². The molecule has 1 unspecified atom stereocenters. The number of pyridine rings is 1. The van der Waals surface area contributed by atoms with E-state index < -0.39 is 11.9 Å². The van der Waals surface area contributed by atoms with Gasteiger partial charge in [-0.3, -0.25) is 24.7 Å². The number of rotatable bonds is 9. The maximum Gasteiger partial charge on any atom is 0.319 e. The molecule has 0 spiro atoms. The molecule has 3 heterocycles. The Labute approximate surface area is 251 Å². The Balaban J connectivity index is 1.13. The highest BCUT2D eigenvalue weighted by molar-refractivity contribution is 6.05. The molecule has 1 atom stereocenters. The normalized spacial score (nSPS) is 17.0. The van der Waals surface area contributed by atoms with Gasteiger partial charge in [-0.1, -0.05) is 38.1 Å². The number of carbonyl (C=O) groups is 4. The van der Waals surface area contributed by atoms with Crippen LogP contribution in [0.1, 0.15) is 73.1 Å². The van der Waals surface area contributed by atoms with Crippen LogP contribution in [0.4, 0.5) is 10.5 Å². The Morgan fingerprint density at radius 2 is 1.70 bits per heavy atom. The van der Waals surface area contributed by atoms with E-state index in [0.29, 0.717) is 24.2 Å². The Hall–Kier alpha value is -4.57. The largest absolute Gasteiger partial charge is 0.334 e. The van der Waals surface area contributed by atoms with Gasteiger partial charge in [0.15, 0.2) is 0 Å². The molecule has 43 heavy (non-hydrogen) atoms. The molecule has 5 rings (SSSR count). The van der Waals surface area contributed by atoms with E-state index in [1.165, 1.54) is 10.5 Å². The summed E-state index contributed by atoms with van der Waals surface area (Å²) in [6.45, 7) is 10.0.